The summed E-state index contributed by atoms with van der Waals surface area (Å²) in [4.78, 5) is 24.1. The fourth-order valence-corrected chi connectivity index (χ4v) is 1.97. The van der Waals surface area contributed by atoms with Crippen molar-refractivity contribution in [3.63, 3.8) is 0 Å². The van der Waals surface area contributed by atoms with Crippen LogP contribution in [0.3, 0.4) is 0 Å². The zero-order valence-corrected chi connectivity index (χ0v) is 12.0. The van der Waals surface area contributed by atoms with Gasteiger partial charge in [-0.3, -0.25) is 14.7 Å². The van der Waals surface area contributed by atoms with E-state index in [2.05, 4.69) is 10.2 Å². The molecule has 0 saturated carbocycles. The van der Waals surface area contributed by atoms with E-state index in [4.69, 9.17) is 5.11 Å². The molecular weight excluding hydrogens is 289 g/mol. The zero-order valence-electron chi connectivity index (χ0n) is 12.0. The maximum atomic E-state index is 12.9. The number of carboxylic acids is 1. The number of halogens is 1. The number of amides is 1. The molecule has 0 aliphatic heterocycles. The van der Waals surface area contributed by atoms with Crippen molar-refractivity contribution in [2.45, 2.75) is 12.8 Å². The highest BCUT2D eigenvalue weighted by atomic mass is 19.1. The van der Waals surface area contributed by atoms with Crippen LogP contribution in [0.1, 0.15) is 23.3 Å². The van der Waals surface area contributed by atoms with E-state index in [0.29, 0.717) is 29.9 Å². The van der Waals surface area contributed by atoms with Crippen LogP contribution in [0, 0.1) is 5.82 Å². The topological polar surface area (TPSA) is 86.3 Å². The zero-order chi connectivity index (χ0) is 16.1. The molecule has 0 radical (unpaired) electrons. The molecule has 0 aliphatic carbocycles. The number of carboxylic acid groups (broad SMARTS) is 1. The first kappa shape index (κ1) is 15.7. The third-order valence-electron chi connectivity index (χ3n) is 3.18. The van der Waals surface area contributed by atoms with E-state index in [-0.39, 0.29) is 18.1 Å². The summed E-state index contributed by atoms with van der Waals surface area (Å²) in [6.45, 7) is 0.343. The van der Waals surface area contributed by atoms with Crippen LogP contribution in [0.25, 0.3) is 11.3 Å². The number of aliphatic carboxylic acids is 1. The second-order valence-corrected chi connectivity index (χ2v) is 4.90. The number of aromatic nitrogens is 2. The Morgan fingerprint density at radius 2 is 2.00 bits per heavy atom. The summed E-state index contributed by atoms with van der Waals surface area (Å²) in [6, 6.07) is 7.39. The van der Waals surface area contributed by atoms with Gasteiger partial charge in [-0.2, -0.15) is 5.10 Å². The van der Waals surface area contributed by atoms with E-state index in [1.54, 1.807) is 25.2 Å². The number of H-pyrrole nitrogens is 1. The highest BCUT2D eigenvalue weighted by Gasteiger charge is 2.15. The number of hydrogen-bond acceptors (Lipinski definition) is 3. The first-order chi connectivity index (χ1) is 10.5. The molecule has 1 aromatic heterocycles. The van der Waals surface area contributed by atoms with Crippen molar-refractivity contribution >= 4 is 11.9 Å². The predicted octanol–water partition coefficient (Wildman–Crippen LogP) is 2.15. The van der Waals surface area contributed by atoms with Crippen LogP contribution >= 0.6 is 0 Å². The van der Waals surface area contributed by atoms with Gasteiger partial charge in [0.15, 0.2) is 0 Å². The lowest BCUT2D eigenvalue weighted by molar-refractivity contribution is -0.137. The van der Waals surface area contributed by atoms with Crippen molar-refractivity contribution in [3.8, 4) is 11.3 Å². The van der Waals surface area contributed by atoms with E-state index in [1.165, 1.54) is 17.0 Å². The molecule has 0 saturated heterocycles. The smallest absolute Gasteiger partial charge is 0.303 e. The molecule has 1 amide bonds. The van der Waals surface area contributed by atoms with Crippen LogP contribution in [-0.2, 0) is 4.79 Å². The summed E-state index contributed by atoms with van der Waals surface area (Å²) >= 11 is 0. The van der Waals surface area contributed by atoms with Crippen molar-refractivity contribution < 1.29 is 19.1 Å². The Morgan fingerprint density at radius 1 is 1.32 bits per heavy atom. The number of rotatable bonds is 6. The number of carbonyl (C=O) groups excluding carboxylic acids is 1. The highest BCUT2D eigenvalue weighted by Crippen LogP contribution is 2.18. The molecule has 6 nitrogen and oxygen atoms in total. The fraction of sp³-hybridized carbons (Fsp3) is 0.267. The summed E-state index contributed by atoms with van der Waals surface area (Å²) in [5, 5.41) is 15.3. The van der Waals surface area contributed by atoms with Gasteiger partial charge in [0.1, 0.15) is 11.5 Å². The first-order valence-corrected chi connectivity index (χ1v) is 6.76. The minimum atomic E-state index is -0.888. The van der Waals surface area contributed by atoms with Crippen LogP contribution in [0.2, 0.25) is 0 Å². The Balaban J connectivity index is 2.02. The molecule has 0 unspecified atom stereocenters. The van der Waals surface area contributed by atoms with Gasteiger partial charge in [0.2, 0.25) is 0 Å². The quantitative estimate of drug-likeness (QED) is 0.856. The maximum Gasteiger partial charge on any atom is 0.303 e. The van der Waals surface area contributed by atoms with Crippen molar-refractivity contribution in [2.24, 2.45) is 0 Å². The van der Waals surface area contributed by atoms with Gasteiger partial charge in [0.25, 0.3) is 5.91 Å². The summed E-state index contributed by atoms with van der Waals surface area (Å²) in [7, 11) is 1.60. The SMILES string of the molecule is CN(CCCC(=O)O)C(=O)c1cc(-c2ccc(F)cc2)n[nH]1. The van der Waals surface area contributed by atoms with Gasteiger partial charge in [-0.25, -0.2) is 4.39 Å². The lowest BCUT2D eigenvalue weighted by Crippen LogP contribution is -2.28. The third kappa shape index (κ3) is 3.91. The standard InChI is InChI=1S/C15H16FN3O3/c1-19(8-2-3-14(20)21)15(22)13-9-12(17-18-13)10-4-6-11(16)7-5-10/h4-7,9H,2-3,8H2,1H3,(H,17,18)(H,20,21). The molecule has 1 heterocycles. The number of nitrogens with one attached hydrogen (secondary N) is 1. The first-order valence-electron chi connectivity index (χ1n) is 6.76. The molecule has 22 heavy (non-hydrogen) atoms. The normalized spacial score (nSPS) is 10.5. The van der Waals surface area contributed by atoms with Gasteiger partial charge in [0, 0.05) is 25.6 Å². The van der Waals surface area contributed by atoms with Crippen LogP contribution in [0.5, 0.6) is 0 Å². The number of carbonyl (C=O) groups is 2. The van der Waals surface area contributed by atoms with E-state index in [1.807, 2.05) is 0 Å². The van der Waals surface area contributed by atoms with Crippen molar-refractivity contribution in [1.82, 2.24) is 15.1 Å². The highest BCUT2D eigenvalue weighted by molar-refractivity contribution is 5.93. The van der Waals surface area contributed by atoms with Gasteiger partial charge in [-0.05, 0) is 36.8 Å². The Morgan fingerprint density at radius 3 is 2.64 bits per heavy atom. The van der Waals surface area contributed by atoms with Crippen molar-refractivity contribution in [2.75, 3.05) is 13.6 Å². The number of nitrogens with zero attached hydrogens (tertiary/aromatic N) is 2. The van der Waals surface area contributed by atoms with Crippen LogP contribution in [-0.4, -0.2) is 45.7 Å². The largest absolute Gasteiger partial charge is 0.481 e. The molecule has 0 atom stereocenters. The molecule has 0 bridgehead atoms. The van der Waals surface area contributed by atoms with Crippen LogP contribution in [0.4, 0.5) is 4.39 Å². The van der Waals surface area contributed by atoms with E-state index in [0.717, 1.165) is 0 Å². The Hall–Kier alpha value is -2.70. The molecule has 1 aromatic carbocycles. The molecule has 116 valence electrons. The second kappa shape index (κ2) is 6.84. The van der Waals surface area contributed by atoms with E-state index < -0.39 is 5.97 Å². The summed E-state index contributed by atoms with van der Waals surface area (Å²) in [5.74, 6) is -1.50. The van der Waals surface area contributed by atoms with Crippen molar-refractivity contribution in [1.29, 1.82) is 0 Å². The van der Waals surface area contributed by atoms with Crippen molar-refractivity contribution in [3.05, 3.63) is 41.8 Å². The minimum Gasteiger partial charge on any atom is -0.481 e. The molecular formula is C15H16FN3O3. The Bertz CT molecular complexity index is 667. The van der Waals surface area contributed by atoms with Crippen LogP contribution in [0.15, 0.2) is 30.3 Å². The number of aromatic amines is 1. The molecule has 0 aliphatic rings. The maximum absolute atomic E-state index is 12.9. The Labute approximate surface area is 126 Å². The molecule has 2 N–H and O–H groups in total. The summed E-state index contributed by atoms with van der Waals surface area (Å²) < 4.78 is 12.9. The van der Waals surface area contributed by atoms with Gasteiger partial charge >= 0.3 is 5.97 Å². The second-order valence-electron chi connectivity index (χ2n) is 4.90. The van der Waals surface area contributed by atoms with E-state index in [9.17, 15) is 14.0 Å². The molecule has 2 rings (SSSR count). The average molecular weight is 305 g/mol. The molecule has 7 heteroatoms. The van der Waals surface area contributed by atoms with Crippen LogP contribution < -0.4 is 0 Å². The summed E-state index contributed by atoms with van der Waals surface area (Å²) in [6.07, 6.45) is 0.401. The molecule has 0 spiro atoms. The molecule has 2 aromatic rings. The lowest BCUT2D eigenvalue weighted by Gasteiger charge is -2.15. The predicted molar refractivity (Wildman–Crippen MR) is 77.8 cm³/mol. The van der Waals surface area contributed by atoms with Gasteiger partial charge in [-0.15, -0.1) is 0 Å². The lowest BCUT2D eigenvalue weighted by atomic mass is 10.1. The fourth-order valence-electron chi connectivity index (χ4n) is 1.97. The van der Waals surface area contributed by atoms with Gasteiger partial charge in [-0.1, -0.05) is 0 Å². The molecule has 0 fully saturated rings. The minimum absolute atomic E-state index is 0.0153. The number of hydrogen-bond donors (Lipinski definition) is 2. The van der Waals surface area contributed by atoms with E-state index >= 15 is 0 Å². The summed E-state index contributed by atoms with van der Waals surface area (Å²) in [5.41, 5.74) is 1.55. The monoisotopic (exact) mass is 305 g/mol. The third-order valence-corrected chi connectivity index (χ3v) is 3.18. The Kier molecular flexibility index (Phi) is 4.88. The van der Waals surface area contributed by atoms with Gasteiger partial charge < -0.3 is 10.0 Å². The number of benzene rings is 1. The average Bonchev–Trinajstić information content (AvgIpc) is 2.96. The van der Waals surface area contributed by atoms with Gasteiger partial charge in [0.05, 0.1) is 5.69 Å².